The first-order valence-electron chi connectivity index (χ1n) is 7.18. The second-order valence-corrected chi connectivity index (χ2v) is 5.89. The molecular weight excluding hydrogens is 234 g/mol. The van der Waals surface area contributed by atoms with E-state index in [1.807, 2.05) is 6.20 Å². The zero-order chi connectivity index (χ0) is 12.8. The quantitative estimate of drug-likeness (QED) is 0.863. The van der Waals surface area contributed by atoms with Crippen molar-refractivity contribution in [3.05, 3.63) is 41.9 Å². The van der Waals surface area contributed by atoms with Gasteiger partial charge in [-0.05, 0) is 31.7 Å². The summed E-state index contributed by atoms with van der Waals surface area (Å²) in [6.45, 7) is 2.15. The van der Waals surface area contributed by atoms with Crippen LogP contribution < -0.4 is 5.32 Å². The van der Waals surface area contributed by atoms with Crippen molar-refractivity contribution in [2.75, 3.05) is 0 Å². The number of hydrogen-bond acceptors (Lipinski definition) is 2. The largest absolute Gasteiger partial charge is 0.342 e. The van der Waals surface area contributed by atoms with Crippen LogP contribution in [0.3, 0.4) is 0 Å². The van der Waals surface area contributed by atoms with Gasteiger partial charge in [0.25, 0.3) is 0 Å². The van der Waals surface area contributed by atoms with Crippen LogP contribution in [0.2, 0.25) is 0 Å². The number of benzene rings is 1. The summed E-state index contributed by atoms with van der Waals surface area (Å²) in [4.78, 5) is 8.18. The molecule has 2 bridgehead atoms. The lowest BCUT2D eigenvalue weighted by molar-refractivity contribution is 0.490. The fourth-order valence-electron chi connectivity index (χ4n) is 3.66. The number of nitrogens with one attached hydrogen (secondary N) is 2. The Labute approximate surface area is 113 Å². The molecule has 0 saturated carbocycles. The van der Waals surface area contributed by atoms with Gasteiger partial charge >= 0.3 is 0 Å². The molecule has 2 saturated heterocycles. The molecule has 4 rings (SSSR count). The van der Waals surface area contributed by atoms with Crippen molar-refractivity contribution in [1.29, 1.82) is 0 Å². The molecule has 2 aromatic rings. The van der Waals surface area contributed by atoms with Crippen LogP contribution in [0.25, 0.3) is 11.3 Å². The highest BCUT2D eigenvalue weighted by Crippen LogP contribution is 2.39. The number of nitrogens with zero attached hydrogens (tertiary/aromatic N) is 1. The molecule has 0 radical (unpaired) electrons. The van der Waals surface area contributed by atoms with E-state index in [0.29, 0.717) is 12.0 Å². The minimum Gasteiger partial charge on any atom is -0.342 e. The van der Waals surface area contributed by atoms with Crippen molar-refractivity contribution in [2.24, 2.45) is 0 Å². The summed E-state index contributed by atoms with van der Waals surface area (Å²) in [6.07, 6.45) is 5.87. The highest BCUT2D eigenvalue weighted by molar-refractivity contribution is 5.62. The van der Waals surface area contributed by atoms with Crippen molar-refractivity contribution in [2.45, 2.75) is 44.2 Å². The molecule has 3 heterocycles. The van der Waals surface area contributed by atoms with E-state index in [4.69, 9.17) is 0 Å². The number of aromatic amines is 1. The van der Waals surface area contributed by atoms with Crippen LogP contribution in [-0.2, 0) is 0 Å². The second kappa shape index (κ2) is 4.20. The third-order valence-electron chi connectivity index (χ3n) is 4.68. The smallest absolute Gasteiger partial charge is 0.111 e. The van der Waals surface area contributed by atoms with Crippen molar-refractivity contribution in [1.82, 2.24) is 15.3 Å². The van der Waals surface area contributed by atoms with Gasteiger partial charge in [-0.25, -0.2) is 4.98 Å². The van der Waals surface area contributed by atoms with Gasteiger partial charge in [0.05, 0.1) is 11.9 Å². The number of fused-ring (bicyclic) bond motifs is 2. The zero-order valence-electron chi connectivity index (χ0n) is 11.2. The van der Waals surface area contributed by atoms with Gasteiger partial charge in [0.1, 0.15) is 5.82 Å². The van der Waals surface area contributed by atoms with Crippen molar-refractivity contribution in [3.63, 3.8) is 0 Å². The number of H-pyrrole nitrogens is 1. The molecule has 2 N–H and O–H groups in total. The van der Waals surface area contributed by atoms with Crippen LogP contribution >= 0.6 is 0 Å². The van der Waals surface area contributed by atoms with E-state index < -0.39 is 0 Å². The fraction of sp³-hybridized carbons (Fsp3) is 0.438. The highest BCUT2D eigenvalue weighted by Gasteiger charge is 2.41. The van der Waals surface area contributed by atoms with E-state index in [0.717, 1.165) is 17.6 Å². The molecular formula is C16H19N3. The molecule has 0 aliphatic carbocycles. The summed E-state index contributed by atoms with van der Waals surface area (Å²) in [6, 6.07) is 9.83. The Kier molecular flexibility index (Phi) is 2.49. The normalized spacial score (nSPS) is 29.0. The third kappa shape index (κ3) is 1.80. The highest BCUT2D eigenvalue weighted by atomic mass is 15.1. The molecule has 3 unspecified atom stereocenters. The van der Waals surface area contributed by atoms with E-state index >= 15 is 0 Å². The minimum absolute atomic E-state index is 0.580. The average Bonchev–Trinajstić information content (AvgIpc) is 3.15. The van der Waals surface area contributed by atoms with E-state index in [1.165, 1.54) is 30.4 Å². The molecule has 1 aromatic carbocycles. The van der Waals surface area contributed by atoms with Gasteiger partial charge in [-0.3, -0.25) is 0 Å². The molecule has 0 spiro atoms. The Morgan fingerprint density at radius 1 is 1.21 bits per heavy atom. The van der Waals surface area contributed by atoms with E-state index in [-0.39, 0.29) is 0 Å². The van der Waals surface area contributed by atoms with Gasteiger partial charge in [0, 0.05) is 23.6 Å². The predicted molar refractivity (Wildman–Crippen MR) is 76.1 cm³/mol. The first kappa shape index (κ1) is 11.2. The van der Waals surface area contributed by atoms with Gasteiger partial charge in [0.15, 0.2) is 0 Å². The molecule has 98 valence electrons. The fourth-order valence-corrected chi connectivity index (χ4v) is 3.66. The number of rotatable bonds is 2. The zero-order valence-corrected chi connectivity index (χ0v) is 11.2. The molecule has 2 aliphatic heterocycles. The van der Waals surface area contributed by atoms with Crippen LogP contribution in [0.15, 0.2) is 30.5 Å². The second-order valence-electron chi connectivity index (χ2n) is 5.89. The minimum atomic E-state index is 0.580. The first-order chi connectivity index (χ1) is 9.31. The predicted octanol–water partition coefficient (Wildman–Crippen LogP) is 2.99. The number of aromatic nitrogens is 2. The average molecular weight is 253 g/mol. The Morgan fingerprint density at radius 2 is 2.11 bits per heavy atom. The van der Waals surface area contributed by atoms with Crippen LogP contribution in [0.4, 0.5) is 0 Å². The van der Waals surface area contributed by atoms with E-state index in [1.54, 1.807) is 0 Å². The maximum absolute atomic E-state index is 4.64. The van der Waals surface area contributed by atoms with Crippen LogP contribution in [-0.4, -0.2) is 22.1 Å². The summed E-state index contributed by atoms with van der Waals surface area (Å²) < 4.78 is 0. The Morgan fingerprint density at radius 3 is 2.84 bits per heavy atom. The number of hydrogen-bond donors (Lipinski definition) is 2. The Hall–Kier alpha value is -1.61. The molecule has 3 heteroatoms. The molecule has 2 aliphatic rings. The number of imidazole rings is 1. The monoisotopic (exact) mass is 253 g/mol. The van der Waals surface area contributed by atoms with Gasteiger partial charge in [-0.15, -0.1) is 0 Å². The molecule has 2 fully saturated rings. The van der Waals surface area contributed by atoms with E-state index in [9.17, 15) is 0 Å². The third-order valence-corrected chi connectivity index (χ3v) is 4.68. The van der Waals surface area contributed by atoms with Crippen molar-refractivity contribution >= 4 is 0 Å². The molecule has 0 amide bonds. The lowest BCUT2D eigenvalue weighted by Gasteiger charge is -2.17. The van der Waals surface area contributed by atoms with Crippen LogP contribution in [0.1, 0.15) is 36.6 Å². The molecule has 1 aromatic heterocycles. The van der Waals surface area contributed by atoms with Gasteiger partial charge in [-0.2, -0.15) is 0 Å². The van der Waals surface area contributed by atoms with Crippen molar-refractivity contribution < 1.29 is 0 Å². The first-order valence-corrected chi connectivity index (χ1v) is 7.18. The van der Waals surface area contributed by atoms with Gasteiger partial charge < -0.3 is 10.3 Å². The topological polar surface area (TPSA) is 40.7 Å². The molecule has 3 atom stereocenters. The molecule has 3 nitrogen and oxygen atoms in total. The van der Waals surface area contributed by atoms with E-state index in [2.05, 4.69) is 46.5 Å². The van der Waals surface area contributed by atoms with Gasteiger partial charge in [0.2, 0.25) is 0 Å². The lowest BCUT2D eigenvalue weighted by Crippen LogP contribution is -2.22. The standard InChI is InChI=1S/C16H19N3/c1-10-4-2-3-5-12(10)15-9-17-16(19-15)13-8-11-6-7-14(13)18-11/h2-5,9,11,13-14,18H,6-8H2,1H3,(H,17,19). The maximum atomic E-state index is 4.64. The van der Waals surface area contributed by atoms with Crippen molar-refractivity contribution in [3.8, 4) is 11.3 Å². The summed E-state index contributed by atoms with van der Waals surface area (Å²) in [7, 11) is 0. The summed E-state index contributed by atoms with van der Waals surface area (Å²) in [5, 5.41) is 3.68. The SMILES string of the molecule is Cc1ccccc1-c1cnc(C2CC3CCC2N3)[nH]1. The Balaban J connectivity index is 1.65. The number of aryl methyl sites for hydroxylation is 1. The van der Waals surface area contributed by atoms with Crippen LogP contribution in [0, 0.1) is 6.92 Å². The summed E-state index contributed by atoms with van der Waals surface area (Å²) in [5.41, 5.74) is 3.71. The summed E-state index contributed by atoms with van der Waals surface area (Å²) in [5.74, 6) is 1.74. The van der Waals surface area contributed by atoms with Gasteiger partial charge in [-0.1, -0.05) is 24.3 Å². The molecule has 19 heavy (non-hydrogen) atoms. The maximum Gasteiger partial charge on any atom is 0.111 e. The lowest BCUT2D eigenvalue weighted by atomic mass is 9.89. The van der Waals surface area contributed by atoms with Crippen LogP contribution in [0.5, 0.6) is 0 Å². The Bertz CT molecular complexity index is 602. The summed E-state index contributed by atoms with van der Waals surface area (Å²) >= 11 is 0.